The van der Waals surface area contributed by atoms with Gasteiger partial charge in [0.25, 0.3) is 0 Å². The number of carboxylic acid groups (broad SMARTS) is 1. The van der Waals surface area contributed by atoms with E-state index in [2.05, 4.69) is 51.7 Å². The molecule has 0 saturated carbocycles. The standard InChI is InChI=1S/C22H22N2O3.C10H13N.C4H10O/c1-13-4-6-15(7-5-13)20-17(11-19(26)27)14(2)21-22-18(20)10-16(12-25)24(22)9-8-23(21)3;1-11-7-10(8-11)9-5-3-2-4-6-9;1-4(2,3)5/h4-7,10,12H,8-9,11H2,1-3H3,(H,26,27);2-6,10H,7-8H2,1H3;5H,1-3H3. The van der Waals surface area contributed by atoms with Gasteiger partial charge < -0.3 is 24.6 Å². The molecule has 7 nitrogen and oxygen atoms in total. The van der Waals surface area contributed by atoms with Gasteiger partial charge in [0, 0.05) is 44.5 Å². The van der Waals surface area contributed by atoms with Gasteiger partial charge >= 0.3 is 5.97 Å². The average Bonchev–Trinajstić information content (AvgIpc) is 3.29. The first kappa shape index (κ1) is 32.0. The van der Waals surface area contributed by atoms with Crippen molar-refractivity contribution in [3.8, 4) is 11.1 Å². The van der Waals surface area contributed by atoms with Gasteiger partial charge in [0.15, 0.2) is 6.29 Å². The molecule has 0 atom stereocenters. The van der Waals surface area contributed by atoms with Crippen LogP contribution in [-0.4, -0.2) is 71.3 Å². The number of likely N-dealkylation sites (N-methyl/N-ethyl adjacent to an activating group) is 2. The Morgan fingerprint density at radius 1 is 0.977 bits per heavy atom. The average molecular weight is 584 g/mol. The Morgan fingerprint density at radius 3 is 2.12 bits per heavy atom. The molecular formula is C36H45N3O4. The van der Waals surface area contributed by atoms with Crippen molar-refractivity contribution in [2.45, 2.75) is 59.1 Å². The lowest BCUT2D eigenvalue weighted by Crippen LogP contribution is -2.41. The molecule has 2 aliphatic rings. The van der Waals surface area contributed by atoms with Crippen LogP contribution in [0.1, 0.15) is 59.4 Å². The summed E-state index contributed by atoms with van der Waals surface area (Å²) in [6.45, 7) is 13.2. The summed E-state index contributed by atoms with van der Waals surface area (Å²) in [5, 5.41) is 19.0. The molecule has 0 amide bonds. The van der Waals surface area contributed by atoms with Crippen LogP contribution in [0.2, 0.25) is 0 Å². The summed E-state index contributed by atoms with van der Waals surface area (Å²) in [5.41, 5.74) is 8.52. The van der Waals surface area contributed by atoms with E-state index in [0.29, 0.717) is 5.69 Å². The van der Waals surface area contributed by atoms with E-state index in [0.717, 1.165) is 69.7 Å². The Bertz CT molecular complexity index is 1570. The zero-order valence-electron chi connectivity index (χ0n) is 26.5. The van der Waals surface area contributed by atoms with E-state index < -0.39 is 11.6 Å². The summed E-state index contributed by atoms with van der Waals surface area (Å²) >= 11 is 0. The molecule has 1 aromatic heterocycles. The van der Waals surface area contributed by atoms with Crippen molar-refractivity contribution in [2.75, 3.05) is 38.6 Å². The van der Waals surface area contributed by atoms with E-state index >= 15 is 0 Å². The van der Waals surface area contributed by atoms with E-state index in [1.807, 2.05) is 51.2 Å². The maximum atomic E-state index is 11.7. The minimum Gasteiger partial charge on any atom is -0.481 e. The Morgan fingerprint density at radius 2 is 1.58 bits per heavy atom. The molecule has 0 unspecified atom stereocenters. The highest BCUT2D eigenvalue weighted by molar-refractivity contribution is 6.09. The number of nitrogens with zero attached hydrogens (tertiary/aromatic N) is 3. The molecule has 1 fully saturated rings. The number of hydrogen-bond acceptors (Lipinski definition) is 5. The van der Waals surface area contributed by atoms with Gasteiger partial charge in [-0.2, -0.15) is 0 Å². The van der Waals surface area contributed by atoms with Crippen molar-refractivity contribution >= 4 is 28.8 Å². The van der Waals surface area contributed by atoms with Gasteiger partial charge in [-0.05, 0) is 75.5 Å². The van der Waals surface area contributed by atoms with E-state index in [-0.39, 0.29) is 6.42 Å². The number of hydrogen-bond donors (Lipinski definition) is 2. The van der Waals surface area contributed by atoms with Crippen LogP contribution < -0.4 is 4.90 Å². The second-order valence-electron chi connectivity index (χ2n) is 12.8. The Labute approximate surface area is 255 Å². The number of aliphatic hydroxyl groups is 1. The number of carboxylic acids is 1. The largest absolute Gasteiger partial charge is 0.481 e. The molecule has 7 heteroatoms. The summed E-state index contributed by atoms with van der Waals surface area (Å²) in [6.07, 6.45) is 0.841. The van der Waals surface area contributed by atoms with Crippen molar-refractivity contribution in [3.05, 3.63) is 88.6 Å². The van der Waals surface area contributed by atoms with Crippen molar-refractivity contribution in [1.29, 1.82) is 0 Å². The number of rotatable bonds is 5. The molecule has 2 N–H and O–H groups in total. The number of aliphatic carboxylic acids is 1. The third kappa shape index (κ3) is 7.53. The van der Waals surface area contributed by atoms with Crippen LogP contribution in [0.4, 0.5) is 5.69 Å². The van der Waals surface area contributed by atoms with E-state index in [4.69, 9.17) is 5.11 Å². The zero-order valence-corrected chi connectivity index (χ0v) is 26.5. The monoisotopic (exact) mass is 583 g/mol. The summed E-state index contributed by atoms with van der Waals surface area (Å²) in [5.74, 6) is -0.0623. The molecule has 3 aromatic carbocycles. The fourth-order valence-electron chi connectivity index (χ4n) is 5.91. The van der Waals surface area contributed by atoms with Crippen LogP contribution in [0.25, 0.3) is 22.0 Å². The van der Waals surface area contributed by atoms with Crippen molar-refractivity contribution in [2.24, 2.45) is 0 Å². The number of aromatic nitrogens is 1. The minimum absolute atomic E-state index is 0.0482. The first-order valence-corrected chi connectivity index (χ1v) is 14.9. The summed E-state index contributed by atoms with van der Waals surface area (Å²) < 4.78 is 2.06. The maximum absolute atomic E-state index is 11.7. The number of aryl methyl sites for hydroxylation is 1. The number of anilines is 1. The molecule has 3 heterocycles. The van der Waals surface area contributed by atoms with Gasteiger partial charge in [-0.25, -0.2) is 0 Å². The number of carbonyl (C=O) groups is 2. The van der Waals surface area contributed by atoms with Crippen molar-refractivity contribution < 1.29 is 19.8 Å². The number of benzene rings is 3. The molecule has 4 aromatic rings. The molecular weight excluding hydrogens is 538 g/mol. The zero-order chi connectivity index (χ0) is 31.5. The SMILES string of the molecule is CC(C)(C)O.CN1CC(c2ccccc2)C1.Cc1ccc(-c2c(CC(=O)O)c(C)c3c4c2cc(C=O)n4CCN3C)cc1. The van der Waals surface area contributed by atoms with E-state index in [9.17, 15) is 14.7 Å². The number of aldehydes is 1. The van der Waals surface area contributed by atoms with Gasteiger partial charge in [0.05, 0.1) is 28.9 Å². The van der Waals surface area contributed by atoms with Crippen LogP contribution in [0, 0.1) is 13.8 Å². The summed E-state index contributed by atoms with van der Waals surface area (Å²) in [7, 11) is 4.19. The highest BCUT2D eigenvalue weighted by atomic mass is 16.4. The quantitative estimate of drug-likeness (QED) is 0.268. The van der Waals surface area contributed by atoms with Crippen LogP contribution in [0.5, 0.6) is 0 Å². The lowest BCUT2D eigenvalue weighted by atomic mass is 9.88. The lowest BCUT2D eigenvalue weighted by molar-refractivity contribution is -0.136. The molecule has 1 saturated heterocycles. The Kier molecular flexibility index (Phi) is 9.78. The van der Waals surface area contributed by atoms with Crippen molar-refractivity contribution in [1.82, 2.24) is 9.47 Å². The molecule has 0 radical (unpaired) electrons. The topological polar surface area (TPSA) is 86.0 Å². The molecule has 0 spiro atoms. The van der Waals surface area contributed by atoms with E-state index in [1.54, 1.807) is 20.8 Å². The molecule has 6 rings (SSSR count). The molecule has 2 aliphatic heterocycles. The van der Waals surface area contributed by atoms with Crippen LogP contribution >= 0.6 is 0 Å². The fraction of sp³-hybridized carbons (Fsp3) is 0.389. The highest BCUT2D eigenvalue weighted by Gasteiger charge is 2.28. The fourth-order valence-corrected chi connectivity index (χ4v) is 5.91. The van der Waals surface area contributed by atoms with Crippen LogP contribution in [0.15, 0.2) is 60.7 Å². The number of likely N-dealkylation sites (tertiary alicyclic amines) is 1. The van der Waals surface area contributed by atoms with E-state index in [1.165, 1.54) is 18.7 Å². The Balaban J connectivity index is 0.000000217. The Hall–Kier alpha value is -3.94. The first-order chi connectivity index (χ1) is 20.3. The second kappa shape index (κ2) is 13.1. The molecule has 0 aliphatic carbocycles. The third-order valence-corrected chi connectivity index (χ3v) is 7.90. The maximum Gasteiger partial charge on any atom is 0.307 e. The van der Waals surface area contributed by atoms with Crippen molar-refractivity contribution in [3.63, 3.8) is 0 Å². The van der Waals surface area contributed by atoms with Gasteiger partial charge in [-0.3, -0.25) is 9.59 Å². The third-order valence-electron chi connectivity index (χ3n) is 7.90. The van der Waals surface area contributed by atoms with Gasteiger partial charge in [0.1, 0.15) is 0 Å². The van der Waals surface area contributed by atoms with Crippen LogP contribution in [0.3, 0.4) is 0 Å². The number of carbonyl (C=O) groups excluding carboxylic acids is 1. The summed E-state index contributed by atoms with van der Waals surface area (Å²) in [6, 6.07) is 20.8. The molecule has 43 heavy (non-hydrogen) atoms. The normalized spacial score (nSPS) is 14.7. The summed E-state index contributed by atoms with van der Waals surface area (Å²) in [4.78, 5) is 27.8. The predicted molar refractivity (Wildman–Crippen MR) is 175 cm³/mol. The molecule has 228 valence electrons. The smallest absolute Gasteiger partial charge is 0.307 e. The van der Waals surface area contributed by atoms with Gasteiger partial charge in [-0.15, -0.1) is 0 Å². The molecule has 0 bridgehead atoms. The first-order valence-electron chi connectivity index (χ1n) is 14.9. The minimum atomic E-state index is -0.855. The van der Waals surface area contributed by atoms with Gasteiger partial charge in [0.2, 0.25) is 0 Å². The predicted octanol–water partition coefficient (Wildman–Crippen LogP) is 6.31. The van der Waals surface area contributed by atoms with Crippen LogP contribution in [-0.2, 0) is 17.8 Å². The van der Waals surface area contributed by atoms with Gasteiger partial charge in [-0.1, -0.05) is 60.2 Å². The second-order valence-corrected chi connectivity index (χ2v) is 12.8. The lowest BCUT2D eigenvalue weighted by Gasteiger charge is -2.36. The highest BCUT2D eigenvalue weighted by Crippen LogP contribution is 2.44.